The summed E-state index contributed by atoms with van der Waals surface area (Å²) in [5.41, 5.74) is -0.306. The molecule has 2 heterocycles. The molecule has 0 bridgehead atoms. The second kappa shape index (κ2) is 6.39. The van der Waals surface area contributed by atoms with E-state index < -0.39 is 11.8 Å². The highest BCUT2D eigenvalue weighted by Gasteiger charge is 2.35. The molecule has 1 aromatic heterocycles. The summed E-state index contributed by atoms with van der Waals surface area (Å²) in [5, 5.41) is 12.3. The summed E-state index contributed by atoms with van der Waals surface area (Å²) in [6, 6.07) is 1.07. The number of carboxylic acids is 1. The highest BCUT2D eigenvalue weighted by Crippen LogP contribution is 2.33. The van der Waals surface area contributed by atoms with Crippen molar-refractivity contribution in [2.45, 2.75) is 51.2 Å². The zero-order valence-corrected chi connectivity index (χ0v) is 12.4. The van der Waals surface area contributed by atoms with E-state index in [0.29, 0.717) is 6.61 Å². The number of aromatic nitrogens is 1. The zero-order valence-electron chi connectivity index (χ0n) is 12.4. The third-order valence-corrected chi connectivity index (χ3v) is 4.21. The van der Waals surface area contributed by atoms with E-state index >= 15 is 0 Å². The van der Waals surface area contributed by atoms with E-state index in [1.54, 1.807) is 0 Å². The number of hydrogen-bond donors (Lipinski definition) is 2. The van der Waals surface area contributed by atoms with Crippen LogP contribution in [0.5, 0.6) is 0 Å². The topological polar surface area (TPSA) is 71.5 Å². The van der Waals surface area contributed by atoms with Crippen LogP contribution in [0.2, 0.25) is 0 Å². The molecule has 0 amide bonds. The van der Waals surface area contributed by atoms with Gasteiger partial charge in [-0.1, -0.05) is 13.8 Å². The number of anilines is 1. The molecule has 0 radical (unpaired) electrons. The van der Waals surface area contributed by atoms with Crippen LogP contribution in [0, 0.1) is 5.82 Å². The number of carbonyl (C=O) groups is 1. The smallest absolute Gasteiger partial charge is 0.339 e. The van der Waals surface area contributed by atoms with Gasteiger partial charge in [-0.25, -0.2) is 14.2 Å². The van der Waals surface area contributed by atoms with E-state index in [1.807, 2.05) is 0 Å². The lowest BCUT2D eigenvalue weighted by Crippen LogP contribution is -2.44. The van der Waals surface area contributed by atoms with Crippen LogP contribution in [0.25, 0.3) is 0 Å². The largest absolute Gasteiger partial charge is 0.478 e. The highest BCUT2D eigenvalue weighted by atomic mass is 19.1. The molecular weight excluding hydrogens is 275 g/mol. The minimum Gasteiger partial charge on any atom is -0.478 e. The Morgan fingerprint density at radius 2 is 2.29 bits per heavy atom. The SMILES string of the molecule is CCC1(CC)CC(Nc2ncc(F)cc2C(=O)O)CCO1. The maximum absolute atomic E-state index is 13.1. The van der Waals surface area contributed by atoms with Crippen LogP contribution < -0.4 is 5.32 Å². The van der Waals surface area contributed by atoms with Gasteiger partial charge in [0, 0.05) is 12.6 Å². The summed E-state index contributed by atoms with van der Waals surface area (Å²) < 4.78 is 19.0. The molecule has 1 fully saturated rings. The van der Waals surface area contributed by atoms with Gasteiger partial charge in [-0.3, -0.25) is 0 Å². The number of ether oxygens (including phenoxy) is 1. The van der Waals surface area contributed by atoms with Crippen LogP contribution >= 0.6 is 0 Å². The van der Waals surface area contributed by atoms with Crippen LogP contribution in [0.3, 0.4) is 0 Å². The summed E-state index contributed by atoms with van der Waals surface area (Å²) in [5.74, 6) is -1.62. The van der Waals surface area contributed by atoms with Crippen molar-refractivity contribution in [2.75, 3.05) is 11.9 Å². The molecule has 0 saturated carbocycles. The summed E-state index contributed by atoms with van der Waals surface area (Å²) in [4.78, 5) is 15.1. The Morgan fingerprint density at radius 3 is 2.90 bits per heavy atom. The monoisotopic (exact) mass is 296 g/mol. The second-order valence-electron chi connectivity index (χ2n) is 5.43. The van der Waals surface area contributed by atoms with Crippen molar-refractivity contribution in [1.29, 1.82) is 0 Å². The molecule has 1 aromatic rings. The van der Waals surface area contributed by atoms with Crippen molar-refractivity contribution < 1.29 is 19.0 Å². The van der Waals surface area contributed by atoms with Crippen molar-refractivity contribution in [3.05, 3.63) is 23.6 Å². The predicted octanol–water partition coefficient (Wildman–Crippen LogP) is 3.07. The summed E-state index contributed by atoms with van der Waals surface area (Å²) >= 11 is 0. The van der Waals surface area contributed by atoms with Gasteiger partial charge in [-0.2, -0.15) is 0 Å². The maximum Gasteiger partial charge on any atom is 0.339 e. The average molecular weight is 296 g/mol. The minimum atomic E-state index is -1.19. The minimum absolute atomic E-state index is 0.0784. The lowest BCUT2D eigenvalue weighted by atomic mass is 9.86. The molecule has 5 nitrogen and oxygen atoms in total. The number of nitrogens with zero attached hydrogens (tertiary/aromatic N) is 1. The second-order valence-corrected chi connectivity index (χ2v) is 5.43. The first-order valence-corrected chi connectivity index (χ1v) is 7.29. The van der Waals surface area contributed by atoms with Gasteiger partial charge in [-0.05, 0) is 31.7 Å². The van der Waals surface area contributed by atoms with Crippen LogP contribution in [-0.2, 0) is 4.74 Å². The van der Waals surface area contributed by atoms with E-state index in [2.05, 4.69) is 24.1 Å². The summed E-state index contributed by atoms with van der Waals surface area (Å²) in [7, 11) is 0. The van der Waals surface area contributed by atoms with Crippen molar-refractivity contribution in [3.63, 3.8) is 0 Å². The molecule has 0 aromatic carbocycles. The Kier molecular flexibility index (Phi) is 4.77. The number of carboxylic acid groups (broad SMARTS) is 1. The van der Waals surface area contributed by atoms with Crippen LogP contribution in [0.4, 0.5) is 10.2 Å². The molecule has 1 aliphatic rings. The Hall–Kier alpha value is -1.69. The summed E-state index contributed by atoms with van der Waals surface area (Å²) in [6.45, 7) is 4.80. The number of hydrogen-bond acceptors (Lipinski definition) is 4. The van der Waals surface area contributed by atoms with Crippen LogP contribution in [0.15, 0.2) is 12.3 Å². The fourth-order valence-corrected chi connectivity index (χ4v) is 2.80. The predicted molar refractivity (Wildman–Crippen MR) is 77.1 cm³/mol. The van der Waals surface area contributed by atoms with Gasteiger partial charge in [0.1, 0.15) is 17.2 Å². The molecule has 1 saturated heterocycles. The third-order valence-electron chi connectivity index (χ3n) is 4.21. The van der Waals surface area contributed by atoms with Crippen molar-refractivity contribution in [1.82, 2.24) is 4.98 Å². The third kappa shape index (κ3) is 3.50. The van der Waals surface area contributed by atoms with Crippen molar-refractivity contribution >= 4 is 11.8 Å². The Labute approximate surface area is 123 Å². The molecule has 1 aliphatic heterocycles. The molecule has 2 rings (SSSR count). The van der Waals surface area contributed by atoms with Crippen molar-refractivity contribution in [3.8, 4) is 0 Å². The van der Waals surface area contributed by atoms with Gasteiger partial charge >= 0.3 is 5.97 Å². The number of nitrogens with one attached hydrogen (secondary N) is 1. The highest BCUT2D eigenvalue weighted by molar-refractivity contribution is 5.93. The number of rotatable bonds is 5. The Morgan fingerprint density at radius 1 is 1.57 bits per heavy atom. The first-order valence-electron chi connectivity index (χ1n) is 7.29. The number of pyridine rings is 1. The Balaban J connectivity index is 2.16. The molecule has 0 aliphatic carbocycles. The Bertz CT molecular complexity index is 518. The average Bonchev–Trinajstić information content (AvgIpc) is 2.49. The van der Waals surface area contributed by atoms with Crippen molar-refractivity contribution in [2.24, 2.45) is 0 Å². The zero-order chi connectivity index (χ0) is 15.5. The van der Waals surface area contributed by atoms with E-state index in [-0.39, 0.29) is 23.0 Å². The lowest BCUT2D eigenvalue weighted by Gasteiger charge is -2.40. The van der Waals surface area contributed by atoms with Gasteiger partial charge in [0.15, 0.2) is 0 Å². The molecule has 21 heavy (non-hydrogen) atoms. The lowest BCUT2D eigenvalue weighted by molar-refractivity contribution is -0.0864. The summed E-state index contributed by atoms with van der Waals surface area (Å²) in [6.07, 6.45) is 4.41. The molecule has 0 spiro atoms. The molecular formula is C15H21FN2O3. The van der Waals surface area contributed by atoms with Gasteiger partial charge in [-0.15, -0.1) is 0 Å². The van der Waals surface area contributed by atoms with Gasteiger partial charge in [0.2, 0.25) is 0 Å². The quantitative estimate of drug-likeness (QED) is 0.873. The van der Waals surface area contributed by atoms with E-state index in [9.17, 15) is 9.18 Å². The maximum atomic E-state index is 13.1. The van der Waals surface area contributed by atoms with Gasteiger partial charge < -0.3 is 15.2 Å². The van der Waals surface area contributed by atoms with Crippen LogP contribution in [0.1, 0.15) is 49.9 Å². The van der Waals surface area contributed by atoms with Gasteiger partial charge in [0.25, 0.3) is 0 Å². The van der Waals surface area contributed by atoms with Gasteiger partial charge in [0.05, 0.1) is 11.8 Å². The molecule has 2 N–H and O–H groups in total. The molecule has 1 unspecified atom stereocenters. The number of aromatic carboxylic acids is 1. The molecule has 116 valence electrons. The number of halogens is 1. The standard InChI is InChI=1S/C15H21FN2O3/c1-3-15(4-2)8-11(5-6-21-15)18-13-12(14(19)20)7-10(16)9-17-13/h7,9,11H,3-6,8H2,1-2H3,(H,17,18)(H,19,20). The first-order chi connectivity index (χ1) is 9.99. The fourth-order valence-electron chi connectivity index (χ4n) is 2.80. The fraction of sp³-hybridized carbons (Fsp3) is 0.600. The van der Waals surface area contributed by atoms with E-state index in [1.165, 1.54) is 0 Å². The van der Waals surface area contributed by atoms with E-state index in [4.69, 9.17) is 9.84 Å². The van der Waals surface area contributed by atoms with Crippen LogP contribution in [-0.4, -0.2) is 34.3 Å². The van der Waals surface area contributed by atoms with E-state index in [0.717, 1.165) is 37.9 Å². The normalized spacial score (nSPS) is 21.0. The first kappa shape index (κ1) is 15.7. The molecule has 6 heteroatoms. The molecule has 1 atom stereocenters.